The van der Waals surface area contributed by atoms with Crippen LogP contribution in [-0.2, 0) is 25.4 Å². The molecule has 8 nitrogen and oxygen atoms in total. The Morgan fingerprint density at radius 1 is 1.20 bits per heavy atom. The van der Waals surface area contributed by atoms with Crippen LogP contribution in [0, 0.1) is 0 Å². The quantitative estimate of drug-likeness (QED) is 0.739. The maximum atomic E-state index is 12.6. The lowest BCUT2D eigenvalue weighted by Crippen LogP contribution is -2.43. The predicted molar refractivity (Wildman–Crippen MR) is 93.2 cm³/mol. The van der Waals surface area contributed by atoms with Gasteiger partial charge in [0, 0.05) is 14.1 Å². The van der Waals surface area contributed by atoms with Gasteiger partial charge in [0.1, 0.15) is 6.54 Å². The Kier molecular flexibility index (Phi) is 4.26. The highest BCUT2D eigenvalue weighted by Gasteiger charge is 2.18. The second kappa shape index (κ2) is 6.39. The molecule has 1 N–H and O–H groups in total. The number of hydrogen-bond acceptors (Lipinski definition) is 4. The van der Waals surface area contributed by atoms with Crippen LogP contribution in [-0.4, -0.2) is 24.6 Å². The molecule has 130 valence electrons. The largest absolute Gasteiger partial charge is 0.348 e. The number of imidazole rings is 1. The molecule has 1 atom stereocenters. The molecule has 1 aromatic carbocycles. The minimum atomic E-state index is -0.571. The van der Waals surface area contributed by atoms with Crippen molar-refractivity contribution in [1.82, 2.24) is 24.0 Å². The number of carbonyl (C=O) groups excluding carboxylic acids is 1. The third-order valence-corrected chi connectivity index (χ3v) is 4.18. The minimum Gasteiger partial charge on any atom is -0.348 e. The fourth-order valence-corrected chi connectivity index (χ4v) is 2.79. The van der Waals surface area contributed by atoms with E-state index in [2.05, 4.69) is 10.3 Å². The van der Waals surface area contributed by atoms with Crippen LogP contribution in [0.4, 0.5) is 0 Å². The molecule has 25 heavy (non-hydrogen) atoms. The van der Waals surface area contributed by atoms with Crippen LogP contribution in [0.1, 0.15) is 18.5 Å². The monoisotopic (exact) mass is 341 g/mol. The summed E-state index contributed by atoms with van der Waals surface area (Å²) in [7, 11) is 3.20. The number of aryl methyl sites for hydroxylation is 2. The summed E-state index contributed by atoms with van der Waals surface area (Å²) < 4.78 is 3.74. The third kappa shape index (κ3) is 2.98. The molecule has 0 radical (unpaired) electrons. The molecular weight excluding hydrogens is 322 g/mol. The van der Waals surface area contributed by atoms with Crippen molar-refractivity contribution in [2.24, 2.45) is 14.1 Å². The van der Waals surface area contributed by atoms with Gasteiger partial charge in [-0.3, -0.25) is 14.2 Å². The zero-order chi connectivity index (χ0) is 18.1. The van der Waals surface area contributed by atoms with Crippen molar-refractivity contribution in [3.05, 3.63) is 63.1 Å². The highest BCUT2D eigenvalue weighted by Crippen LogP contribution is 2.10. The van der Waals surface area contributed by atoms with Crippen molar-refractivity contribution in [3.63, 3.8) is 0 Å². The molecule has 0 aliphatic heterocycles. The fourth-order valence-electron chi connectivity index (χ4n) is 2.79. The van der Waals surface area contributed by atoms with Crippen LogP contribution in [0.3, 0.4) is 0 Å². The van der Waals surface area contributed by atoms with E-state index in [1.54, 1.807) is 7.05 Å². The second-order valence-corrected chi connectivity index (χ2v) is 5.96. The molecule has 0 unspecified atom stereocenters. The van der Waals surface area contributed by atoms with Gasteiger partial charge in [-0.1, -0.05) is 30.3 Å². The molecule has 3 rings (SSSR count). The molecule has 0 fully saturated rings. The average molecular weight is 341 g/mol. The molecule has 0 bridgehead atoms. The van der Waals surface area contributed by atoms with E-state index < -0.39 is 17.2 Å². The number of rotatable bonds is 4. The topological polar surface area (TPSA) is 90.9 Å². The van der Waals surface area contributed by atoms with Crippen LogP contribution in [0.5, 0.6) is 0 Å². The first kappa shape index (κ1) is 16.7. The summed E-state index contributed by atoms with van der Waals surface area (Å²) in [5, 5.41) is 2.81. The summed E-state index contributed by atoms with van der Waals surface area (Å²) in [5.74, 6) is -0.405. The number of amides is 1. The maximum absolute atomic E-state index is 12.6. The molecule has 0 aliphatic carbocycles. The van der Waals surface area contributed by atoms with Crippen molar-refractivity contribution < 1.29 is 4.79 Å². The van der Waals surface area contributed by atoms with Crippen LogP contribution in [0.25, 0.3) is 11.2 Å². The number of fused-ring (bicyclic) bond motifs is 1. The summed E-state index contributed by atoms with van der Waals surface area (Å²) in [5.41, 5.74) is 0.426. The van der Waals surface area contributed by atoms with Crippen molar-refractivity contribution in [1.29, 1.82) is 0 Å². The lowest BCUT2D eigenvalue weighted by molar-refractivity contribution is -0.122. The minimum absolute atomic E-state index is 0.228. The van der Waals surface area contributed by atoms with E-state index in [4.69, 9.17) is 0 Å². The fraction of sp³-hybridized carbons (Fsp3) is 0.294. The summed E-state index contributed by atoms with van der Waals surface area (Å²) in [6.07, 6.45) is 1.47. The lowest BCUT2D eigenvalue weighted by atomic mass is 10.1. The first-order valence-corrected chi connectivity index (χ1v) is 7.85. The second-order valence-electron chi connectivity index (χ2n) is 5.96. The summed E-state index contributed by atoms with van der Waals surface area (Å²) >= 11 is 0. The number of nitrogens with one attached hydrogen (secondary N) is 1. The standard InChI is InChI=1S/C17H19N5O3/c1-11(12-7-5-4-6-8-12)19-13(23)9-22-16(24)14-15(18-10-20(14)2)21(3)17(22)25/h4-8,10-11H,9H2,1-3H3,(H,19,23)/t11-/m1/s1. The lowest BCUT2D eigenvalue weighted by Gasteiger charge is -2.15. The number of nitrogens with zero attached hydrogens (tertiary/aromatic N) is 4. The summed E-state index contributed by atoms with van der Waals surface area (Å²) in [6.45, 7) is 1.50. The van der Waals surface area contributed by atoms with E-state index in [0.29, 0.717) is 5.65 Å². The van der Waals surface area contributed by atoms with Gasteiger partial charge < -0.3 is 9.88 Å². The average Bonchev–Trinajstić information content (AvgIpc) is 2.99. The Morgan fingerprint density at radius 3 is 2.56 bits per heavy atom. The smallest absolute Gasteiger partial charge is 0.332 e. The van der Waals surface area contributed by atoms with Gasteiger partial charge in [0.25, 0.3) is 5.56 Å². The molecule has 2 heterocycles. The number of aromatic nitrogens is 4. The van der Waals surface area contributed by atoms with Gasteiger partial charge in [-0.15, -0.1) is 0 Å². The van der Waals surface area contributed by atoms with Gasteiger partial charge >= 0.3 is 5.69 Å². The SMILES string of the molecule is C[C@@H](NC(=O)Cn1c(=O)c2c(ncn2C)n(C)c1=O)c1ccccc1. The van der Waals surface area contributed by atoms with Gasteiger partial charge in [-0.25, -0.2) is 14.3 Å². The highest BCUT2D eigenvalue weighted by molar-refractivity contribution is 5.77. The van der Waals surface area contributed by atoms with Crippen LogP contribution in [0.2, 0.25) is 0 Å². The maximum Gasteiger partial charge on any atom is 0.332 e. The third-order valence-electron chi connectivity index (χ3n) is 4.18. The van der Waals surface area contributed by atoms with E-state index in [9.17, 15) is 14.4 Å². The number of hydrogen-bond donors (Lipinski definition) is 1. The Hall–Kier alpha value is -3.16. The Labute approximate surface area is 143 Å². The van der Waals surface area contributed by atoms with Crippen molar-refractivity contribution in [2.75, 3.05) is 0 Å². The number of carbonyl (C=O) groups is 1. The van der Waals surface area contributed by atoms with E-state index >= 15 is 0 Å². The number of benzene rings is 1. The van der Waals surface area contributed by atoms with Crippen molar-refractivity contribution >= 4 is 17.1 Å². The summed E-state index contributed by atoms with van der Waals surface area (Å²) in [6, 6.07) is 9.23. The molecule has 0 saturated carbocycles. The van der Waals surface area contributed by atoms with E-state index in [1.807, 2.05) is 37.3 Å². The Morgan fingerprint density at radius 2 is 1.88 bits per heavy atom. The van der Waals surface area contributed by atoms with Gasteiger partial charge in [0.15, 0.2) is 11.2 Å². The Balaban J connectivity index is 1.90. The zero-order valence-electron chi connectivity index (χ0n) is 14.3. The molecule has 0 saturated heterocycles. The van der Waals surface area contributed by atoms with Gasteiger partial charge in [-0.2, -0.15) is 0 Å². The van der Waals surface area contributed by atoms with Crippen LogP contribution in [0.15, 0.2) is 46.2 Å². The van der Waals surface area contributed by atoms with E-state index in [1.165, 1.54) is 22.5 Å². The van der Waals surface area contributed by atoms with Crippen molar-refractivity contribution in [3.8, 4) is 0 Å². The first-order valence-electron chi connectivity index (χ1n) is 7.85. The molecule has 0 spiro atoms. The Bertz CT molecular complexity index is 1050. The normalized spacial score (nSPS) is 12.3. The molecular formula is C17H19N5O3. The predicted octanol–water partition coefficient (Wildman–Crippen LogP) is 0.311. The molecule has 0 aliphatic rings. The molecule has 2 aromatic heterocycles. The van der Waals surface area contributed by atoms with Gasteiger partial charge in [0.05, 0.1) is 12.4 Å². The first-order chi connectivity index (χ1) is 11.9. The van der Waals surface area contributed by atoms with Crippen molar-refractivity contribution in [2.45, 2.75) is 19.5 Å². The molecule has 1 amide bonds. The highest BCUT2D eigenvalue weighted by atomic mass is 16.2. The van der Waals surface area contributed by atoms with Gasteiger partial charge in [0.2, 0.25) is 5.91 Å². The van der Waals surface area contributed by atoms with E-state index in [-0.39, 0.29) is 18.1 Å². The van der Waals surface area contributed by atoms with E-state index in [0.717, 1.165) is 10.1 Å². The molecule has 3 aromatic rings. The van der Waals surface area contributed by atoms with Gasteiger partial charge in [-0.05, 0) is 12.5 Å². The summed E-state index contributed by atoms with van der Waals surface area (Å²) in [4.78, 5) is 41.4. The molecule has 8 heteroatoms. The van der Waals surface area contributed by atoms with Crippen LogP contribution < -0.4 is 16.6 Å². The zero-order valence-corrected chi connectivity index (χ0v) is 14.3. The van der Waals surface area contributed by atoms with Crippen LogP contribution >= 0.6 is 0 Å².